The number of nitrogens with zero attached hydrogens (tertiary/aromatic N) is 6. The van der Waals surface area contributed by atoms with Crippen LogP contribution >= 0.6 is 0 Å². The molecule has 4 rings (SSSR count). The van der Waals surface area contributed by atoms with Gasteiger partial charge in [-0.1, -0.05) is 0 Å². The third kappa shape index (κ3) is 1.78. The van der Waals surface area contributed by atoms with Crippen molar-refractivity contribution in [3.05, 3.63) is 18.0 Å². The van der Waals surface area contributed by atoms with Crippen LogP contribution in [0.2, 0.25) is 0 Å². The highest BCUT2D eigenvalue weighted by Gasteiger charge is 2.31. The summed E-state index contributed by atoms with van der Waals surface area (Å²) < 4.78 is 1.93. The van der Waals surface area contributed by atoms with Crippen molar-refractivity contribution < 1.29 is 0 Å². The van der Waals surface area contributed by atoms with Crippen LogP contribution in [-0.4, -0.2) is 57.9 Å². The van der Waals surface area contributed by atoms with Crippen molar-refractivity contribution in [3.8, 4) is 0 Å². The van der Waals surface area contributed by atoms with E-state index in [0.29, 0.717) is 12.0 Å². The van der Waals surface area contributed by atoms with E-state index in [9.17, 15) is 0 Å². The molecule has 2 aliphatic rings. The van der Waals surface area contributed by atoms with Crippen molar-refractivity contribution in [1.29, 1.82) is 0 Å². The molecule has 1 saturated heterocycles. The lowest BCUT2D eigenvalue weighted by Crippen LogP contribution is -2.57. The Morgan fingerprint density at radius 3 is 2.63 bits per heavy atom. The van der Waals surface area contributed by atoms with Gasteiger partial charge in [-0.2, -0.15) is 4.52 Å². The summed E-state index contributed by atoms with van der Waals surface area (Å²) in [6, 6.07) is 4.71. The second kappa shape index (κ2) is 3.90. The quantitative estimate of drug-likeness (QED) is 0.813. The zero-order valence-corrected chi connectivity index (χ0v) is 11.3. The SMILES string of the molecule is CN(C)C1CN(c2ccc3nnc(C4CC4)n3n2)C1. The number of fused-ring (bicyclic) bond motifs is 1. The molecule has 2 aromatic rings. The van der Waals surface area contributed by atoms with E-state index >= 15 is 0 Å². The molecule has 0 N–H and O–H groups in total. The highest BCUT2D eigenvalue weighted by atomic mass is 15.4. The first-order valence-corrected chi connectivity index (χ1v) is 6.86. The molecule has 0 aromatic carbocycles. The van der Waals surface area contributed by atoms with Crippen LogP contribution in [0.4, 0.5) is 5.82 Å². The molecule has 0 spiro atoms. The van der Waals surface area contributed by atoms with Gasteiger partial charge in [0.25, 0.3) is 0 Å². The molecule has 0 bridgehead atoms. The second-order valence-electron chi connectivity index (χ2n) is 5.82. The fourth-order valence-corrected chi connectivity index (χ4v) is 2.53. The lowest BCUT2D eigenvalue weighted by Gasteiger charge is -2.43. The minimum atomic E-state index is 0.573. The molecule has 19 heavy (non-hydrogen) atoms. The molecular weight excluding hydrogens is 240 g/mol. The molecule has 0 unspecified atom stereocenters. The van der Waals surface area contributed by atoms with Crippen LogP contribution in [-0.2, 0) is 0 Å². The fourth-order valence-electron chi connectivity index (χ4n) is 2.53. The summed E-state index contributed by atoms with van der Waals surface area (Å²) in [6.45, 7) is 2.10. The zero-order chi connectivity index (χ0) is 13.0. The highest BCUT2D eigenvalue weighted by Crippen LogP contribution is 2.38. The van der Waals surface area contributed by atoms with Crippen molar-refractivity contribution in [2.75, 3.05) is 32.1 Å². The average molecular weight is 258 g/mol. The summed E-state index contributed by atoms with van der Waals surface area (Å²) in [6.07, 6.45) is 2.44. The Morgan fingerprint density at radius 2 is 1.95 bits per heavy atom. The third-order valence-corrected chi connectivity index (χ3v) is 4.13. The largest absolute Gasteiger partial charge is 0.352 e. The predicted molar refractivity (Wildman–Crippen MR) is 72.4 cm³/mol. The highest BCUT2D eigenvalue weighted by molar-refractivity contribution is 5.48. The molecule has 1 saturated carbocycles. The number of aromatic nitrogens is 4. The molecule has 1 aliphatic heterocycles. The Morgan fingerprint density at radius 1 is 1.16 bits per heavy atom. The Balaban J connectivity index is 1.63. The Labute approximate surface area is 112 Å². The van der Waals surface area contributed by atoms with Crippen LogP contribution in [0, 0.1) is 0 Å². The van der Waals surface area contributed by atoms with Crippen LogP contribution in [0.5, 0.6) is 0 Å². The summed E-state index contributed by atoms with van der Waals surface area (Å²) in [4.78, 5) is 4.57. The molecule has 6 nitrogen and oxygen atoms in total. The predicted octanol–water partition coefficient (Wildman–Crippen LogP) is 0.752. The zero-order valence-electron chi connectivity index (χ0n) is 11.3. The summed E-state index contributed by atoms with van der Waals surface area (Å²) in [7, 11) is 4.26. The van der Waals surface area contributed by atoms with Crippen molar-refractivity contribution in [2.24, 2.45) is 0 Å². The molecule has 100 valence electrons. The van der Waals surface area contributed by atoms with Gasteiger partial charge in [0.2, 0.25) is 0 Å². The maximum absolute atomic E-state index is 4.71. The first-order chi connectivity index (χ1) is 9.22. The Bertz CT molecular complexity index is 609. The molecular formula is C13H18N6. The summed E-state index contributed by atoms with van der Waals surface area (Å²) in [5, 5.41) is 13.2. The lowest BCUT2D eigenvalue weighted by atomic mass is 10.1. The maximum atomic E-state index is 4.71. The summed E-state index contributed by atoms with van der Waals surface area (Å²) in [5.41, 5.74) is 0.857. The first kappa shape index (κ1) is 11.2. The van der Waals surface area contributed by atoms with Gasteiger partial charge >= 0.3 is 0 Å². The number of anilines is 1. The molecule has 1 aliphatic carbocycles. The van der Waals surface area contributed by atoms with Gasteiger partial charge < -0.3 is 9.80 Å². The van der Waals surface area contributed by atoms with Crippen LogP contribution < -0.4 is 4.90 Å². The van der Waals surface area contributed by atoms with E-state index in [0.717, 1.165) is 30.4 Å². The first-order valence-electron chi connectivity index (χ1n) is 6.86. The number of rotatable bonds is 3. The maximum Gasteiger partial charge on any atom is 0.178 e. The van der Waals surface area contributed by atoms with Crippen LogP contribution in [0.1, 0.15) is 24.6 Å². The minimum Gasteiger partial charge on any atom is -0.352 e. The molecule has 0 radical (unpaired) electrons. The van der Waals surface area contributed by atoms with E-state index in [2.05, 4.69) is 34.1 Å². The number of hydrogen-bond donors (Lipinski definition) is 0. The normalized spacial score (nSPS) is 20.3. The van der Waals surface area contributed by atoms with E-state index < -0.39 is 0 Å². The van der Waals surface area contributed by atoms with Crippen molar-refractivity contribution >= 4 is 11.5 Å². The minimum absolute atomic E-state index is 0.573. The van der Waals surface area contributed by atoms with E-state index in [1.807, 2.05) is 16.6 Å². The summed E-state index contributed by atoms with van der Waals surface area (Å²) in [5.74, 6) is 2.64. The van der Waals surface area contributed by atoms with Crippen LogP contribution in [0.25, 0.3) is 5.65 Å². The second-order valence-corrected chi connectivity index (χ2v) is 5.82. The summed E-state index contributed by atoms with van der Waals surface area (Å²) >= 11 is 0. The monoisotopic (exact) mass is 258 g/mol. The van der Waals surface area contributed by atoms with Gasteiger partial charge in [-0.3, -0.25) is 0 Å². The Kier molecular flexibility index (Phi) is 2.29. The Hall–Kier alpha value is -1.69. The van der Waals surface area contributed by atoms with Gasteiger partial charge in [-0.05, 0) is 39.1 Å². The number of likely N-dealkylation sites (N-methyl/N-ethyl adjacent to an activating group) is 1. The smallest absolute Gasteiger partial charge is 0.178 e. The van der Waals surface area contributed by atoms with Gasteiger partial charge in [-0.25, -0.2) is 0 Å². The molecule has 2 fully saturated rings. The molecule has 3 heterocycles. The van der Waals surface area contributed by atoms with E-state index in [4.69, 9.17) is 5.10 Å². The van der Waals surface area contributed by atoms with Crippen molar-refractivity contribution in [1.82, 2.24) is 24.7 Å². The van der Waals surface area contributed by atoms with E-state index in [1.165, 1.54) is 12.8 Å². The van der Waals surface area contributed by atoms with Crippen molar-refractivity contribution in [3.63, 3.8) is 0 Å². The molecule has 0 amide bonds. The molecule has 6 heteroatoms. The van der Waals surface area contributed by atoms with Gasteiger partial charge in [0.1, 0.15) is 5.82 Å². The fraction of sp³-hybridized carbons (Fsp3) is 0.615. The topological polar surface area (TPSA) is 49.6 Å². The molecule has 2 aromatic heterocycles. The lowest BCUT2D eigenvalue weighted by molar-refractivity contribution is 0.245. The standard InChI is InChI=1S/C13H18N6/c1-17(2)10-7-18(8-10)12-6-5-11-14-15-13(9-3-4-9)19(11)16-12/h5-6,9-10H,3-4,7-8H2,1-2H3. The van der Waals surface area contributed by atoms with E-state index in [1.54, 1.807) is 0 Å². The van der Waals surface area contributed by atoms with Gasteiger partial charge in [0.15, 0.2) is 11.5 Å². The van der Waals surface area contributed by atoms with Crippen molar-refractivity contribution in [2.45, 2.75) is 24.8 Å². The average Bonchev–Trinajstić information content (AvgIpc) is 3.07. The van der Waals surface area contributed by atoms with Crippen LogP contribution in [0.15, 0.2) is 12.1 Å². The van der Waals surface area contributed by atoms with Crippen LogP contribution in [0.3, 0.4) is 0 Å². The van der Waals surface area contributed by atoms with Gasteiger partial charge in [0, 0.05) is 25.0 Å². The van der Waals surface area contributed by atoms with E-state index in [-0.39, 0.29) is 0 Å². The van der Waals surface area contributed by atoms with Gasteiger partial charge in [0.05, 0.1) is 0 Å². The van der Waals surface area contributed by atoms with Gasteiger partial charge in [-0.15, -0.1) is 15.3 Å². The third-order valence-electron chi connectivity index (χ3n) is 4.13. The number of hydrogen-bond acceptors (Lipinski definition) is 5. The molecule has 0 atom stereocenters.